The van der Waals surface area contributed by atoms with Gasteiger partial charge in [-0.05, 0) is 6.07 Å². The summed E-state index contributed by atoms with van der Waals surface area (Å²) in [4.78, 5) is 0. The van der Waals surface area contributed by atoms with Crippen molar-refractivity contribution in [3.8, 4) is 0 Å². The zero-order valence-electron chi connectivity index (χ0n) is 5.48. The second kappa shape index (κ2) is 2.48. The second-order valence-corrected chi connectivity index (χ2v) is 2.10. The number of halogens is 3. The average Bonchev–Trinajstić information content (AvgIpc) is 2.10. The highest BCUT2D eigenvalue weighted by atomic mass is 19.4. The molecule has 0 fully saturated rings. The van der Waals surface area contributed by atoms with Crippen LogP contribution in [0, 0.1) is 0 Å². The third-order valence-electron chi connectivity index (χ3n) is 1.06. The number of anilines is 1. The van der Waals surface area contributed by atoms with Crippen LogP contribution < -0.4 is 5.73 Å². The molecule has 0 bridgehead atoms. The van der Waals surface area contributed by atoms with E-state index < -0.39 is 12.6 Å². The Hall–Kier alpha value is -1.13. The fourth-order valence-electron chi connectivity index (χ4n) is 0.687. The fraction of sp³-hybridized carbons (Fsp3) is 0.333. The summed E-state index contributed by atoms with van der Waals surface area (Å²) in [6, 6.07) is 2.50. The Bertz CT molecular complexity index is 240. The predicted octanol–water partition coefficient (Wildman–Crippen LogP) is 1.97. The maximum Gasteiger partial charge on any atom is 0.396 e. The number of hydrogen-bond acceptors (Lipinski definition) is 2. The van der Waals surface area contributed by atoms with Crippen LogP contribution in [0.1, 0.15) is 5.76 Å². The van der Waals surface area contributed by atoms with Crippen LogP contribution in [-0.4, -0.2) is 6.18 Å². The first-order valence-corrected chi connectivity index (χ1v) is 2.88. The number of nitrogens with two attached hydrogens (primary N) is 1. The summed E-state index contributed by atoms with van der Waals surface area (Å²) in [7, 11) is 0. The van der Waals surface area contributed by atoms with E-state index in [0.717, 1.165) is 0 Å². The summed E-state index contributed by atoms with van der Waals surface area (Å²) in [6.07, 6.45) is -5.30. The van der Waals surface area contributed by atoms with Gasteiger partial charge in [0.05, 0.1) is 0 Å². The molecule has 5 heteroatoms. The summed E-state index contributed by atoms with van der Waals surface area (Å²) >= 11 is 0. The van der Waals surface area contributed by atoms with Gasteiger partial charge in [-0.25, -0.2) is 0 Å². The van der Waals surface area contributed by atoms with Gasteiger partial charge in [0.15, 0.2) is 5.88 Å². The molecule has 1 heterocycles. The van der Waals surface area contributed by atoms with E-state index in [9.17, 15) is 13.2 Å². The van der Waals surface area contributed by atoms with E-state index in [2.05, 4.69) is 4.42 Å². The van der Waals surface area contributed by atoms with Gasteiger partial charge in [0.2, 0.25) is 0 Å². The lowest BCUT2D eigenvalue weighted by molar-refractivity contribution is -0.129. The minimum absolute atomic E-state index is 0.00394. The van der Waals surface area contributed by atoms with Gasteiger partial charge in [0, 0.05) is 6.07 Å². The predicted molar refractivity (Wildman–Crippen MR) is 32.9 cm³/mol. The summed E-state index contributed by atoms with van der Waals surface area (Å²) < 4.78 is 39.5. The molecule has 1 rings (SSSR count). The van der Waals surface area contributed by atoms with Crippen molar-refractivity contribution in [3.05, 3.63) is 17.9 Å². The Morgan fingerprint density at radius 3 is 2.36 bits per heavy atom. The molecule has 1 aromatic heterocycles. The Balaban J connectivity index is 2.65. The molecule has 0 amide bonds. The average molecular weight is 165 g/mol. The molecule has 0 atom stereocenters. The third-order valence-corrected chi connectivity index (χ3v) is 1.06. The molecule has 0 radical (unpaired) electrons. The van der Waals surface area contributed by atoms with Crippen molar-refractivity contribution < 1.29 is 17.6 Å². The van der Waals surface area contributed by atoms with Gasteiger partial charge in [-0.2, -0.15) is 13.2 Å². The molecule has 0 aromatic carbocycles. The highest BCUT2D eigenvalue weighted by molar-refractivity contribution is 5.25. The second-order valence-electron chi connectivity index (χ2n) is 2.10. The van der Waals surface area contributed by atoms with E-state index in [4.69, 9.17) is 5.73 Å². The molecular formula is C6H6F3NO. The van der Waals surface area contributed by atoms with E-state index in [1.165, 1.54) is 12.1 Å². The van der Waals surface area contributed by atoms with Gasteiger partial charge in [-0.15, -0.1) is 0 Å². The largest absolute Gasteiger partial charge is 0.446 e. The number of alkyl halides is 3. The molecule has 0 aliphatic carbocycles. The molecule has 1 aromatic rings. The molecule has 0 saturated carbocycles. The van der Waals surface area contributed by atoms with E-state index in [0.29, 0.717) is 0 Å². The van der Waals surface area contributed by atoms with Crippen molar-refractivity contribution in [2.45, 2.75) is 12.6 Å². The number of furan rings is 1. The molecule has 62 valence electrons. The standard InChI is InChI=1S/C6H6F3NO/c7-6(8,9)3-4-1-2-5(10)11-4/h1-2H,3,10H2. The Kier molecular flexibility index (Phi) is 1.80. The zero-order valence-corrected chi connectivity index (χ0v) is 5.48. The quantitative estimate of drug-likeness (QED) is 0.690. The van der Waals surface area contributed by atoms with Crippen LogP contribution >= 0.6 is 0 Å². The summed E-state index contributed by atoms with van der Waals surface area (Å²) in [5.41, 5.74) is 5.06. The number of hydrogen-bond donors (Lipinski definition) is 1. The first-order valence-electron chi connectivity index (χ1n) is 2.88. The zero-order chi connectivity index (χ0) is 8.48. The molecule has 0 saturated heterocycles. The van der Waals surface area contributed by atoms with Gasteiger partial charge < -0.3 is 10.2 Å². The number of rotatable bonds is 1. The summed E-state index contributed by atoms with van der Waals surface area (Å²) in [6.45, 7) is 0. The van der Waals surface area contributed by atoms with Crippen LogP contribution in [0.5, 0.6) is 0 Å². The van der Waals surface area contributed by atoms with Crippen LogP contribution in [0.3, 0.4) is 0 Å². The van der Waals surface area contributed by atoms with Gasteiger partial charge in [0.25, 0.3) is 0 Å². The molecule has 2 nitrogen and oxygen atoms in total. The van der Waals surface area contributed by atoms with Gasteiger partial charge in [-0.3, -0.25) is 0 Å². The van der Waals surface area contributed by atoms with Crippen molar-refractivity contribution >= 4 is 5.88 Å². The lowest BCUT2D eigenvalue weighted by atomic mass is 10.3. The minimum Gasteiger partial charge on any atom is -0.446 e. The molecular weight excluding hydrogens is 159 g/mol. The van der Waals surface area contributed by atoms with Gasteiger partial charge >= 0.3 is 6.18 Å². The fourth-order valence-corrected chi connectivity index (χ4v) is 0.687. The van der Waals surface area contributed by atoms with Crippen molar-refractivity contribution in [1.82, 2.24) is 0 Å². The summed E-state index contributed by atoms with van der Waals surface area (Å²) in [5, 5.41) is 0. The Morgan fingerprint density at radius 2 is 2.00 bits per heavy atom. The normalized spacial score (nSPS) is 11.9. The maximum atomic E-state index is 11.6. The van der Waals surface area contributed by atoms with E-state index in [1.807, 2.05) is 0 Å². The molecule has 0 aliphatic heterocycles. The molecule has 0 aliphatic rings. The van der Waals surface area contributed by atoms with Crippen LogP contribution in [0.15, 0.2) is 16.5 Å². The lowest BCUT2D eigenvalue weighted by Crippen LogP contribution is -2.10. The Morgan fingerprint density at radius 1 is 1.36 bits per heavy atom. The van der Waals surface area contributed by atoms with Gasteiger partial charge in [0.1, 0.15) is 12.2 Å². The lowest BCUT2D eigenvalue weighted by Gasteiger charge is -2.01. The van der Waals surface area contributed by atoms with Gasteiger partial charge in [-0.1, -0.05) is 0 Å². The first kappa shape index (κ1) is 7.97. The third kappa shape index (κ3) is 2.53. The molecule has 11 heavy (non-hydrogen) atoms. The minimum atomic E-state index is -4.23. The molecule has 0 spiro atoms. The smallest absolute Gasteiger partial charge is 0.396 e. The number of nitrogen functional groups attached to an aromatic ring is 1. The van der Waals surface area contributed by atoms with Crippen LogP contribution in [0.4, 0.5) is 19.1 Å². The van der Waals surface area contributed by atoms with Crippen LogP contribution in [0.2, 0.25) is 0 Å². The van der Waals surface area contributed by atoms with E-state index in [-0.39, 0.29) is 11.6 Å². The summed E-state index contributed by atoms with van der Waals surface area (Å²) in [5.74, 6) is -0.153. The topological polar surface area (TPSA) is 39.2 Å². The van der Waals surface area contributed by atoms with E-state index in [1.54, 1.807) is 0 Å². The van der Waals surface area contributed by atoms with Crippen LogP contribution in [0.25, 0.3) is 0 Å². The molecule has 0 unspecified atom stereocenters. The first-order chi connectivity index (χ1) is 4.97. The van der Waals surface area contributed by atoms with Crippen molar-refractivity contribution in [3.63, 3.8) is 0 Å². The van der Waals surface area contributed by atoms with Crippen molar-refractivity contribution in [2.24, 2.45) is 0 Å². The highest BCUT2D eigenvalue weighted by Crippen LogP contribution is 2.22. The SMILES string of the molecule is Nc1ccc(CC(F)(F)F)o1. The highest BCUT2D eigenvalue weighted by Gasteiger charge is 2.29. The molecule has 2 N–H and O–H groups in total. The van der Waals surface area contributed by atoms with E-state index >= 15 is 0 Å². The monoisotopic (exact) mass is 165 g/mol. The van der Waals surface area contributed by atoms with Crippen molar-refractivity contribution in [1.29, 1.82) is 0 Å². The Labute approximate surface area is 60.8 Å². The maximum absolute atomic E-state index is 11.6. The van der Waals surface area contributed by atoms with Crippen molar-refractivity contribution in [2.75, 3.05) is 5.73 Å². The van der Waals surface area contributed by atoms with Crippen LogP contribution in [-0.2, 0) is 6.42 Å².